The Labute approximate surface area is 99.4 Å². The maximum Gasteiger partial charge on any atom is 0.0738 e. The highest BCUT2D eigenvalue weighted by Gasteiger charge is 2.42. The number of hydrogen-bond acceptors (Lipinski definition) is 2. The molecule has 1 saturated carbocycles. The minimum Gasteiger partial charge on any atom is -0.319 e. The van der Waals surface area contributed by atoms with Gasteiger partial charge in [0.25, 0.3) is 0 Å². The molecule has 0 bridgehead atoms. The molecular formula is C11H18BrN3. The highest BCUT2D eigenvalue weighted by Crippen LogP contribution is 2.48. The fourth-order valence-electron chi connectivity index (χ4n) is 2.20. The molecule has 3 nitrogen and oxygen atoms in total. The molecule has 1 aromatic heterocycles. The summed E-state index contributed by atoms with van der Waals surface area (Å²) in [6.07, 6.45) is 3.81. The smallest absolute Gasteiger partial charge is 0.0738 e. The lowest BCUT2D eigenvalue weighted by Crippen LogP contribution is -2.23. The summed E-state index contributed by atoms with van der Waals surface area (Å²) >= 11 is 3.63. The molecule has 0 radical (unpaired) electrons. The maximum atomic E-state index is 4.43. The molecule has 84 valence electrons. The lowest BCUT2D eigenvalue weighted by atomic mass is 10.00. The SMILES string of the molecule is CNCC1(Cc2c(Br)c(C)nn2C)CC1. The van der Waals surface area contributed by atoms with Crippen molar-refractivity contribution in [2.75, 3.05) is 13.6 Å². The number of nitrogens with zero attached hydrogens (tertiary/aromatic N) is 2. The molecule has 1 aliphatic carbocycles. The Hall–Kier alpha value is -0.350. The Morgan fingerprint density at radius 1 is 1.53 bits per heavy atom. The van der Waals surface area contributed by atoms with Crippen LogP contribution in [0.4, 0.5) is 0 Å². The van der Waals surface area contributed by atoms with Crippen molar-refractivity contribution in [1.29, 1.82) is 0 Å². The molecule has 0 spiro atoms. The van der Waals surface area contributed by atoms with Crippen molar-refractivity contribution in [2.45, 2.75) is 26.2 Å². The third-order valence-corrected chi connectivity index (χ3v) is 4.34. The Kier molecular flexibility index (Phi) is 2.90. The molecule has 0 aliphatic heterocycles. The monoisotopic (exact) mass is 271 g/mol. The zero-order chi connectivity index (χ0) is 11.1. The molecular weight excluding hydrogens is 254 g/mol. The van der Waals surface area contributed by atoms with Crippen molar-refractivity contribution < 1.29 is 0 Å². The van der Waals surface area contributed by atoms with Gasteiger partial charge in [0.2, 0.25) is 0 Å². The van der Waals surface area contributed by atoms with E-state index in [1.54, 1.807) is 0 Å². The summed E-state index contributed by atoms with van der Waals surface area (Å²) in [7, 11) is 4.06. The van der Waals surface area contributed by atoms with Gasteiger partial charge in [0.05, 0.1) is 15.9 Å². The Morgan fingerprint density at radius 2 is 2.20 bits per heavy atom. The molecule has 2 rings (SSSR count). The van der Waals surface area contributed by atoms with Crippen LogP contribution >= 0.6 is 15.9 Å². The second-order valence-electron chi connectivity index (χ2n) is 4.68. The average Bonchev–Trinajstić information content (AvgIpc) is 2.89. The normalized spacial score (nSPS) is 18.1. The standard InChI is InChI=1S/C11H18BrN3/c1-8-10(12)9(15(3)14-8)6-11(4-5-11)7-13-2/h13H,4-7H2,1-3H3. The molecule has 1 aromatic rings. The number of nitrogens with one attached hydrogen (secondary N) is 1. The molecule has 0 atom stereocenters. The molecule has 0 aromatic carbocycles. The van der Waals surface area contributed by atoms with E-state index in [-0.39, 0.29) is 0 Å². The van der Waals surface area contributed by atoms with E-state index in [1.165, 1.54) is 23.0 Å². The zero-order valence-corrected chi connectivity index (χ0v) is 11.2. The van der Waals surface area contributed by atoms with E-state index in [2.05, 4.69) is 26.3 Å². The van der Waals surface area contributed by atoms with Gasteiger partial charge < -0.3 is 5.32 Å². The fourth-order valence-corrected chi connectivity index (χ4v) is 2.67. The minimum atomic E-state index is 0.498. The third-order valence-electron chi connectivity index (χ3n) is 3.31. The van der Waals surface area contributed by atoms with Crippen LogP contribution in [-0.2, 0) is 13.5 Å². The van der Waals surface area contributed by atoms with Crippen molar-refractivity contribution in [1.82, 2.24) is 15.1 Å². The van der Waals surface area contributed by atoms with E-state index in [9.17, 15) is 0 Å². The Morgan fingerprint density at radius 3 is 2.60 bits per heavy atom. The van der Waals surface area contributed by atoms with Crippen LogP contribution in [0.25, 0.3) is 0 Å². The van der Waals surface area contributed by atoms with Crippen LogP contribution in [0.2, 0.25) is 0 Å². The summed E-state index contributed by atoms with van der Waals surface area (Å²) in [5.41, 5.74) is 2.92. The van der Waals surface area contributed by atoms with Crippen LogP contribution in [0.1, 0.15) is 24.2 Å². The molecule has 0 saturated heterocycles. The van der Waals surface area contributed by atoms with Crippen molar-refractivity contribution in [3.8, 4) is 0 Å². The number of aryl methyl sites for hydroxylation is 2. The Bertz CT molecular complexity index is 366. The van der Waals surface area contributed by atoms with Crippen LogP contribution < -0.4 is 5.32 Å². The lowest BCUT2D eigenvalue weighted by molar-refractivity contribution is 0.461. The predicted octanol–water partition coefficient (Wildman–Crippen LogP) is 2.03. The van der Waals surface area contributed by atoms with Crippen LogP contribution in [0.5, 0.6) is 0 Å². The van der Waals surface area contributed by atoms with E-state index in [1.807, 2.05) is 25.7 Å². The number of aromatic nitrogens is 2. The van der Waals surface area contributed by atoms with Crippen molar-refractivity contribution in [3.05, 3.63) is 15.9 Å². The van der Waals surface area contributed by atoms with Crippen LogP contribution in [0, 0.1) is 12.3 Å². The number of halogens is 1. The van der Waals surface area contributed by atoms with Crippen LogP contribution in [0.3, 0.4) is 0 Å². The fraction of sp³-hybridized carbons (Fsp3) is 0.727. The van der Waals surface area contributed by atoms with Gasteiger partial charge in [0.15, 0.2) is 0 Å². The maximum absolute atomic E-state index is 4.43. The summed E-state index contributed by atoms with van der Waals surface area (Å²) in [5, 5.41) is 7.72. The second kappa shape index (κ2) is 3.91. The average molecular weight is 272 g/mol. The summed E-state index contributed by atoms with van der Waals surface area (Å²) in [5.74, 6) is 0. The van der Waals surface area contributed by atoms with Gasteiger partial charge in [0.1, 0.15) is 0 Å². The third kappa shape index (κ3) is 2.11. The lowest BCUT2D eigenvalue weighted by Gasteiger charge is -2.14. The largest absolute Gasteiger partial charge is 0.319 e. The second-order valence-corrected chi connectivity index (χ2v) is 5.47. The van der Waals surface area contributed by atoms with Gasteiger partial charge in [-0.05, 0) is 54.6 Å². The molecule has 0 amide bonds. The highest BCUT2D eigenvalue weighted by molar-refractivity contribution is 9.10. The highest BCUT2D eigenvalue weighted by atomic mass is 79.9. The van der Waals surface area contributed by atoms with Gasteiger partial charge in [-0.3, -0.25) is 4.68 Å². The molecule has 15 heavy (non-hydrogen) atoms. The van der Waals surface area contributed by atoms with Gasteiger partial charge >= 0.3 is 0 Å². The van der Waals surface area contributed by atoms with Gasteiger partial charge in [-0.15, -0.1) is 0 Å². The van der Waals surface area contributed by atoms with Gasteiger partial charge in [-0.25, -0.2) is 0 Å². The molecule has 0 unspecified atom stereocenters. The molecule has 1 N–H and O–H groups in total. The van der Waals surface area contributed by atoms with Crippen LogP contribution in [0.15, 0.2) is 4.47 Å². The van der Waals surface area contributed by atoms with Crippen molar-refractivity contribution in [2.24, 2.45) is 12.5 Å². The predicted molar refractivity (Wildman–Crippen MR) is 64.9 cm³/mol. The van der Waals surface area contributed by atoms with Crippen molar-refractivity contribution in [3.63, 3.8) is 0 Å². The summed E-state index contributed by atoms with van der Waals surface area (Å²) < 4.78 is 3.20. The van der Waals surface area contributed by atoms with E-state index < -0.39 is 0 Å². The summed E-state index contributed by atoms with van der Waals surface area (Å²) in [4.78, 5) is 0. The summed E-state index contributed by atoms with van der Waals surface area (Å²) in [6, 6.07) is 0. The van der Waals surface area contributed by atoms with Crippen LogP contribution in [-0.4, -0.2) is 23.4 Å². The van der Waals surface area contributed by atoms with Gasteiger partial charge in [-0.2, -0.15) is 5.10 Å². The van der Waals surface area contributed by atoms with Gasteiger partial charge in [-0.1, -0.05) is 0 Å². The quantitative estimate of drug-likeness (QED) is 0.909. The molecule has 1 aliphatic rings. The molecule has 4 heteroatoms. The van der Waals surface area contributed by atoms with E-state index >= 15 is 0 Å². The number of hydrogen-bond donors (Lipinski definition) is 1. The van der Waals surface area contributed by atoms with Crippen molar-refractivity contribution >= 4 is 15.9 Å². The first-order valence-corrected chi connectivity index (χ1v) is 6.20. The first kappa shape index (κ1) is 11.1. The van der Waals surface area contributed by atoms with Gasteiger partial charge in [0, 0.05) is 13.6 Å². The van der Waals surface area contributed by atoms with E-state index in [0.29, 0.717) is 5.41 Å². The number of rotatable bonds is 4. The first-order chi connectivity index (χ1) is 7.08. The van der Waals surface area contributed by atoms with E-state index in [4.69, 9.17) is 0 Å². The topological polar surface area (TPSA) is 29.9 Å². The van der Waals surface area contributed by atoms with E-state index in [0.717, 1.165) is 18.7 Å². The minimum absolute atomic E-state index is 0.498. The molecule has 1 fully saturated rings. The summed E-state index contributed by atoms with van der Waals surface area (Å²) in [6.45, 7) is 3.16. The zero-order valence-electron chi connectivity index (χ0n) is 9.60. The molecule has 1 heterocycles. The Balaban J connectivity index is 2.17. The first-order valence-electron chi connectivity index (χ1n) is 5.40.